The van der Waals surface area contributed by atoms with Crippen LogP contribution < -0.4 is 0 Å². The summed E-state index contributed by atoms with van der Waals surface area (Å²) >= 11 is 0. The summed E-state index contributed by atoms with van der Waals surface area (Å²) in [5, 5.41) is 4.12. The molecular weight excluding hydrogens is 257 g/mol. The summed E-state index contributed by atoms with van der Waals surface area (Å²) in [7, 11) is 0. The normalized spacial score (nSPS) is 11.6. The third kappa shape index (κ3) is 2.52. The molecule has 0 saturated carbocycles. The number of rotatable bonds is 2. The minimum absolute atomic E-state index is 0.202. The van der Waals surface area contributed by atoms with Gasteiger partial charge in [-0.3, -0.25) is 4.79 Å². The Morgan fingerprint density at radius 1 is 1.21 bits per heavy atom. The zero-order valence-electron chi connectivity index (χ0n) is 10.3. The number of nitrogens with zero attached hydrogens (tertiary/aromatic N) is 2. The van der Waals surface area contributed by atoms with Crippen molar-refractivity contribution in [1.82, 2.24) is 9.78 Å². The van der Waals surface area contributed by atoms with Crippen LogP contribution in [0.25, 0.3) is 5.69 Å². The number of alkyl halides is 3. The van der Waals surface area contributed by atoms with E-state index >= 15 is 0 Å². The maximum atomic E-state index is 12.8. The van der Waals surface area contributed by atoms with E-state index in [0.717, 1.165) is 17.8 Å². The minimum atomic E-state index is -4.57. The Morgan fingerprint density at radius 3 is 2.37 bits per heavy atom. The van der Waals surface area contributed by atoms with Crippen molar-refractivity contribution in [3.8, 4) is 5.69 Å². The van der Waals surface area contributed by atoms with Gasteiger partial charge in [-0.15, -0.1) is 0 Å². The molecule has 1 heterocycles. The smallest absolute Gasteiger partial charge is 0.298 e. The monoisotopic (exact) mass is 268 g/mol. The molecule has 2 rings (SSSR count). The number of carbonyl (C=O) groups excluding carboxylic acids is 1. The van der Waals surface area contributed by atoms with E-state index in [2.05, 4.69) is 5.10 Å². The van der Waals surface area contributed by atoms with Gasteiger partial charge in [0.05, 0.1) is 16.9 Å². The third-order valence-corrected chi connectivity index (χ3v) is 2.72. The fourth-order valence-electron chi connectivity index (χ4n) is 1.91. The van der Waals surface area contributed by atoms with Crippen LogP contribution in [0, 0.1) is 13.8 Å². The number of aromatic nitrogens is 2. The molecule has 0 saturated heterocycles. The van der Waals surface area contributed by atoms with Crippen molar-refractivity contribution >= 4 is 6.29 Å². The predicted molar refractivity (Wildman–Crippen MR) is 63.4 cm³/mol. The van der Waals surface area contributed by atoms with Gasteiger partial charge in [-0.25, -0.2) is 4.68 Å². The Bertz CT molecular complexity index is 629. The van der Waals surface area contributed by atoms with Crippen LogP contribution >= 0.6 is 0 Å². The highest BCUT2D eigenvalue weighted by Crippen LogP contribution is 2.33. The van der Waals surface area contributed by atoms with E-state index in [4.69, 9.17) is 0 Å². The average molecular weight is 268 g/mol. The highest BCUT2D eigenvalue weighted by Gasteiger charge is 2.33. The summed E-state index contributed by atoms with van der Waals surface area (Å²) in [5.41, 5.74) is 0.392. The van der Waals surface area contributed by atoms with Crippen molar-refractivity contribution < 1.29 is 18.0 Å². The maximum Gasteiger partial charge on any atom is 0.417 e. The van der Waals surface area contributed by atoms with Crippen LogP contribution in [-0.2, 0) is 6.18 Å². The Morgan fingerprint density at radius 2 is 1.89 bits per heavy atom. The van der Waals surface area contributed by atoms with E-state index in [1.54, 1.807) is 19.9 Å². The molecule has 0 radical (unpaired) electrons. The second kappa shape index (κ2) is 4.53. The highest BCUT2D eigenvalue weighted by atomic mass is 19.4. The van der Waals surface area contributed by atoms with Gasteiger partial charge in [-0.2, -0.15) is 18.3 Å². The topological polar surface area (TPSA) is 34.9 Å². The fourth-order valence-corrected chi connectivity index (χ4v) is 1.91. The summed E-state index contributed by atoms with van der Waals surface area (Å²) in [5.74, 6) is 0. The van der Waals surface area contributed by atoms with Crippen molar-refractivity contribution in [1.29, 1.82) is 0 Å². The number of halogens is 3. The van der Waals surface area contributed by atoms with Crippen molar-refractivity contribution in [2.24, 2.45) is 0 Å². The van der Waals surface area contributed by atoms with Crippen molar-refractivity contribution in [3.63, 3.8) is 0 Å². The third-order valence-electron chi connectivity index (χ3n) is 2.72. The minimum Gasteiger partial charge on any atom is -0.298 e. The lowest BCUT2D eigenvalue weighted by molar-refractivity contribution is -0.137. The Balaban J connectivity index is 2.61. The van der Waals surface area contributed by atoms with Gasteiger partial charge in [-0.1, -0.05) is 0 Å². The SMILES string of the molecule is Cc1cc(C)n(-c2ccc(C=O)c(C(F)(F)F)c2)n1. The molecule has 1 aromatic carbocycles. The summed E-state index contributed by atoms with van der Waals surface area (Å²) in [6, 6.07) is 5.30. The molecule has 3 nitrogen and oxygen atoms in total. The lowest BCUT2D eigenvalue weighted by Crippen LogP contribution is -2.11. The molecule has 0 N–H and O–H groups in total. The van der Waals surface area contributed by atoms with E-state index in [9.17, 15) is 18.0 Å². The first-order valence-electron chi connectivity index (χ1n) is 5.53. The standard InChI is InChI=1S/C13H11F3N2O/c1-8-5-9(2)18(17-8)11-4-3-10(7-19)12(6-11)13(14,15)16/h3-7H,1-2H3. The fraction of sp³-hybridized carbons (Fsp3) is 0.231. The predicted octanol–water partition coefficient (Wildman–Crippen LogP) is 3.32. The molecule has 6 heteroatoms. The Kier molecular flexibility index (Phi) is 3.18. The molecule has 0 spiro atoms. The highest BCUT2D eigenvalue weighted by molar-refractivity contribution is 5.78. The largest absolute Gasteiger partial charge is 0.417 e. The van der Waals surface area contributed by atoms with Crippen LogP contribution in [-0.4, -0.2) is 16.1 Å². The first kappa shape index (κ1) is 13.3. The average Bonchev–Trinajstić information content (AvgIpc) is 2.66. The lowest BCUT2D eigenvalue weighted by Gasteiger charge is -2.12. The summed E-state index contributed by atoms with van der Waals surface area (Å²) in [4.78, 5) is 10.7. The number of aryl methyl sites for hydroxylation is 2. The van der Waals surface area contributed by atoms with E-state index in [0.29, 0.717) is 5.69 Å². The molecule has 1 aromatic heterocycles. The lowest BCUT2D eigenvalue weighted by atomic mass is 10.1. The van der Waals surface area contributed by atoms with Gasteiger partial charge in [0.1, 0.15) is 0 Å². The molecular formula is C13H11F3N2O. The van der Waals surface area contributed by atoms with Gasteiger partial charge >= 0.3 is 6.18 Å². The van der Waals surface area contributed by atoms with E-state index < -0.39 is 11.7 Å². The molecule has 0 aliphatic rings. The molecule has 0 aliphatic heterocycles. The van der Waals surface area contributed by atoms with Crippen molar-refractivity contribution in [3.05, 3.63) is 46.8 Å². The summed E-state index contributed by atoms with van der Waals surface area (Å²) in [6.45, 7) is 3.51. The van der Waals surface area contributed by atoms with Crippen LogP contribution in [0.3, 0.4) is 0 Å². The quantitative estimate of drug-likeness (QED) is 0.783. The molecule has 19 heavy (non-hydrogen) atoms. The molecule has 0 bridgehead atoms. The molecule has 100 valence electrons. The van der Waals surface area contributed by atoms with E-state index in [-0.39, 0.29) is 17.5 Å². The molecule has 0 atom stereocenters. The first-order valence-corrected chi connectivity index (χ1v) is 5.53. The van der Waals surface area contributed by atoms with Gasteiger partial charge < -0.3 is 0 Å². The number of aldehydes is 1. The first-order chi connectivity index (χ1) is 8.82. The number of hydrogen-bond donors (Lipinski definition) is 0. The van der Waals surface area contributed by atoms with Crippen LogP contribution in [0.5, 0.6) is 0 Å². The second-order valence-corrected chi connectivity index (χ2v) is 4.23. The summed E-state index contributed by atoms with van der Waals surface area (Å²) < 4.78 is 40.0. The number of benzene rings is 1. The van der Waals surface area contributed by atoms with Gasteiger partial charge in [0.15, 0.2) is 6.29 Å². The van der Waals surface area contributed by atoms with Gasteiger partial charge in [0.25, 0.3) is 0 Å². The van der Waals surface area contributed by atoms with Crippen molar-refractivity contribution in [2.45, 2.75) is 20.0 Å². The molecule has 0 unspecified atom stereocenters. The van der Waals surface area contributed by atoms with Crippen LogP contribution in [0.2, 0.25) is 0 Å². The number of carbonyl (C=O) groups is 1. The summed E-state index contributed by atoms with van der Waals surface area (Å²) in [6.07, 6.45) is -4.36. The van der Waals surface area contributed by atoms with Crippen LogP contribution in [0.15, 0.2) is 24.3 Å². The molecule has 0 fully saturated rings. The Labute approximate surface area is 107 Å². The maximum absolute atomic E-state index is 12.8. The van der Waals surface area contributed by atoms with Crippen molar-refractivity contribution in [2.75, 3.05) is 0 Å². The van der Waals surface area contributed by atoms with Crippen LogP contribution in [0.4, 0.5) is 13.2 Å². The van der Waals surface area contributed by atoms with Gasteiger partial charge in [0.2, 0.25) is 0 Å². The molecule has 0 aliphatic carbocycles. The number of hydrogen-bond acceptors (Lipinski definition) is 2. The Hall–Kier alpha value is -2.11. The van der Waals surface area contributed by atoms with Crippen LogP contribution in [0.1, 0.15) is 27.3 Å². The van der Waals surface area contributed by atoms with Gasteiger partial charge in [0, 0.05) is 11.3 Å². The zero-order chi connectivity index (χ0) is 14.2. The molecule has 0 amide bonds. The van der Waals surface area contributed by atoms with E-state index in [1.165, 1.54) is 10.7 Å². The zero-order valence-corrected chi connectivity index (χ0v) is 10.3. The van der Waals surface area contributed by atoms with E-state index in [1.807, 2.05) is 0 Å². The molecule has 2 aromatic rings. The van der Waals surface area contributed by atoms with Gasteiger partial charge in [-0.05, 0) is 38.1 Å². The second-order valence-electron chi connectivity index (χ2n) is 4.23.